The lowest BCUT2D eigenvalue weighted by Gasteiger charge is -2.35. The third kappa shape index (κ3) is 2.56. The molecule has 3 aromatic rings. The van der Waals surface area contributed by atoms with Crippen LogP contribution in [-0.4, -0.2) is 24.3 Å². The highest BCUT2D eigenvalue weighted by molar-refractivity contribution is 5.55. The van der Waals surface area contributed by atoms with Gasteiger partial charge in [0.2, 0.25) is 0 Å². The summed E-state index contributed by atoms with van der Waals surface area (Å²) in [6.07, 6.45) is 9.05. The van der Waals surface area contributed by atoms with Crippen LogP contribution in [-0.2, 0) is 13.5 Å². The molecule has 2 aromatic heterocycles. The summed E-state index contributed by atoms with van der Waals surface area (Å²) >= 11 is 0. The quantitative estimate of drug-likeness (QED) is 0.742. The summed E-state index contributed by atoms with van der Waals surface area (Å²) in [5, 5.41) is 4.61. The molecule has 0 unspecified atom stereocenters. The highest BCUT2D eigenvalue weighted by Gasteiger charge is 2.34. The Bertz CT molecular complexity index is 779. The van der Waals surface area contributed by atoms with Crippen molar-refractivity contribution >= 4 is 0 Å². The molecular formula is C18H21N5. The number of aromatic nitrogens is 5. The standard InChI is InChI=1S/C18H21N5/c1-3-13-4-6-14(7-5-13)17-20-18(22(2)21-17)15-10-16(11-15)23-9-8-19-12-23/h4-9,12,15-16H,3,10-11H2,1-2H3. The van der Waals surface area contributed by atoms with E-state index in [1.165, 1.54) is 5.56 Å². The number of aryl methyl sites for hydroxylation is 2. The number of nitrogens with zero attached hydrogens (tertiary/aromatic N) is 5. The fourth-order valence-electron chi connectivity index (χ4n) is 3.29. The van der Waals surface area contributed by atoms with Crippen LogP contribution in [0.2, 0.25) is 0 Å². The molecule has 0 bridgehead atoms. The summed E-state index contributed by atoms with van der Waals surface area (Å²) < 4.78 is 4.13. The Morgan fingerprint density at radius 2 is 1.96 bits per heavy atom. The molecule has 0 aliphatic heterocycles. The zero-order valence-electron chi connectivity index (χ0n) is 13.6. The van der Waals surface area contributed by atoms with Crippen LogP contribution < -0.4 is 0 Å². The normalized spacial score (nSPS) is 20.4. The van der Waals surface area contributed by atoms with Crippen molar-refractivity contribution in [1.29, 1.82) is 0 Å². The summed E-state index contributed by atoms with van der Waals surface area (Å²) in [7, 11) is 2.00. The molecular weight excluding hydrogens is 286 g/mol. The molecule has 1 aliphatic rings. The van der Waals surface area contributed by atoms with E-state index in [1.54, 1.807) is 0 Å². The smallest absolute Gasteiger partial charge is 0.181 e. The number of hydrogen-bond acceptors (Lipinski definition) is 3. The molecule has 1 fully saturated rings. The van der Waals surface area contributed by atoms with Gasteiger partial charge in [-0.05, 0) is 24.8 Å². The Hall–Kier alpha value is -2.43. The van der Waals surface area contributed by atoms with E-state index < -0.39 is 0 Å². The lowest BCUT2D eigenvalue weighted by Crippen LogP contribution is -2.26. The van der Waals surface area contributed by atoms with Crippen molar-refractivity contribution in [2.24, 2.45) is 7.05 Å². The van der Waals surface area contributed by atoms with Gasteiger partial charge in [-0.2, -0.15) is 5.10 Å². The van der Waals surface area contributed by atoms with E-state index in [1.807, 2.05) is 30.5 Å². The number of hydrogen-bond donors (Lipinski definition) is 0. The van der Waals surface area contributed by atoms with Gasteiger partial charge in [-0.25, -0.2) is 9.97 Å². The predicted molar refractivity (Wildman–Crippen MR) is 89.1 cm³/mol. The van der Waals surface area contributed by atoms with Crippen LogP contribution in [0.15, 0.2) is 43.0 Å². The molecule has 0 saturated heterocycles. The van der Waals surface area contributed by atoms with Gasteiger partial charge in [0.15, 0.2) is 5.82 Å². The SMILES string of the molecule is CCc1ccc(-c2nc(C3CC(n4ccnc4)C3)n(C)n2)cc1. The van der Waals surface area contributed by atoms with Crippen LogP contribution in [0.4, 0.5) is 0 Å². The van der Waals surface area contributed by atoms with E-state index in [0.29, 0.717) is 12.0 Å². The zero-order chi connectivity index (χ0) is 15.8. The van der Waals surface area contributed by atoms with Gasteiger partial charge in [-0.15, -0.1) is 0 Å². The zero-order valence-corrected chi connectivity index (χ0v) is 13.6. The van der Waals surface area contributed by atoms with Gasteiger partial charge in [-0.1, -0.05) is 31.2 Å². The minimum atomic E-state index is 0.489. The maximum absolute atomic E-state index is 4.80. The van der Waals surface area contributed by atoms with Crippen LogP contribution >= 0.6 is 0 Å². The van der Waals surface area contributed by atoms with Gasteiger partial charge in [0.1, 0.15) is 5.82 Å². The number of rotatable bonds is 4. The fraction of sp³-hybridized carbons (Fsp3) is 0.389. The van der Waals surface area contributed by atoms with Gasteiger partial charge in [0.05, 0.1) is 6.33 Å². The first kappa shape index (κ1) is 14.2. The minimum absolute atomic E-state index is 0.489. The van der Waals surface area contributed by atoms with Crippen molar-refractivity contribution in [2.75, 3.05) is 0 Å². The molecule has 5 heteroatoms. The second kappa shape index (κ2) is 5.65. The molecule has 23 heavy (non-hydrogen) atoms. The van der Waals surface area contributed by atoms with E-state index in [9.17, 15) is 0 Å². The van der Waals surface area contributed by atoms with Crippen molar-refractivity contribution in [1.82, 2.24) is 24.3 Å². The van der Waals surface area contributed by atoms with Crippen molar-refractivity contribution in [3.05, 3.63) is 54.4 Å². The summed E-state index contributed by atoms with van der Waals surface area (Å²) in [5.41, 5.74) is 2.43. The molecule has 0 spiro atoms. The Balaban J connectivity index is 1.51. The van der Waals surface area contributed by atoms with Crippen LogP contribution in [0, 0.1) is 0 Å². The molecule has 1 saturated carbocycles. The monoisotopic (exact) mass is 307 g/mol. The maximum Gasteiger partial charge on any atom is 0.181 e. The van der Waals surface area contributed by atoms with Gasteiger partial charge in [-0.3, -0.25) is 4.68 Å². The average Bonchev–Trinajstić information content (AvgIpc) is 3.17. The van der Waals surface area contributed by atoms with Crippen molar-refractivity contribution < 1.29 is 0 Å². The Labute approximate surface area is 136 Å². The molecule has 2 heterocycles. The van der Waals surface area contributed by atoms with E-state index >= 15 is 0 Å². The summed E-state index contributed by atoms with van der Waals surface area (Å²) in [6.45, 7) is 2.17. The third-order valence-electron chi connectivity index (χ3n) is 4.84. The minimum Gasteiger partial charge on any atom is -0.334 e. The summed E-state index contributed by atoms with van der Waals surface area (Å²) in [4.78, 5) is 8.93. The lowest BCUT2D eigenvalue weighted by molar-refractivity contribution is 0.251. The number of benzene rings is 1. The topological polar surface area (TPSA) is 48.5 Å². The van der Waals surface area contributed by atoms with E-state index in [-0.39, 0.29) is 0 Å². The van der Waals surface area contributed by atoms with Crippen LogP contribution in [0.1, 0.15) is 43.1 Å². The van der Waals surface area contributed by atoms with Crippen molar-refractivity contribution in [2.45, 2.75) is 38.1 Å². The van der Waals surface area contributed by atoms with Gasteiger partial charge < -0.3 is 4.57 Å². The van der Waals surface area contributed by atoms with E-state index in [4.69, 9.17) is 4.98 Å². The highest BCUT2D eigenvalue weighted by Crippen LogP contribution is 2.44. The first-order valence-electron chi connectivity index (χ1n) is 8.22. The molecule has 0 amide bonds. The largest absolute Gasteiger partial charge is 0.334 e. The molecule has 0 N–H and O–H groups in total. The van der Waals surface area contributed by atoms with E-state index in [0.717, 1.165) is 36.5 Å². The Kier molecular flexibility index (Phi) is 3.48. The average molecular weight is 307 g/mol. The van der Waals surface area contributed by atoms with E-state index in [2.05, 4.69) is 45.8 Å². The van der Waals surface area contributed by atoms with Crippen molar-refractivity contribution in [3.63, 3.8) is 0 Å². The lowest BCUT2D eigenvalue weighted by atomic mass is 9.79. The second-order valence-corrected chi connectivity index (χ2v) is 6.30. The molecule has 118 valence electrons. The molecule has 1 aromatic carbocycles. The summed E-state index contributed by atoms with van der Waals surface area (Å²) in [6, 6.07) is 9.10. The van der Waals surface area contributed by atoms with Crippen molar-refractivity contribution in [3.8, 4) is 11.4 Å². The summed E-state index contributed by atoms with van der Waals surface area (Å²) in [5.74, 6) is 2.41. The Morgan fingerprint density at radius 3 is 2.61 bits per heavy atom. The second-order valence-electron chi connectivity index (χ2n) is 6.30. The van der Waals surface area contributed by atoms with Gasteiger partial charge >= 0.3 is 0 Å². The Morgan fingerprint density at radius 1 is 1.17 bits per heavy atom. The molecule has 0 atom stereocenters. The molecule has 0 radical (unpaired) electrons. The first-order valence-corrected chi connectivity index (χ1v) is 8.22. The van der Waals surface area contributed by atoms with Crippen LogP contribution in [0.5, 0.6) is 0 Å². The fourth-order valence-corrected chi connectivity index (χ4v) is 3.29. The third-order valence-corrected chi connectivity index (χ3v) is 4.84. The van der Waals surface area contributed by atoms with Gasteiger partial charge in [0, 0.05) is 37.0 Å². The van der Waals surface area contributed by atoms with Crippen LogP contribution in [0.25, 0.3) is 11.4 Å². The number of imidazole rings is 1. The molecule has 4 rings (SSSR count). The maximum atomic E-state index is 4.80. The predicted octanol–water partition coefficient (Wildman–Crippen LogP) is 3.36. The molecule has 5 nitrogen and oxygen atoms in total. The molecule has 1 aliphatic carbocycles. The first-order chi connectivity index (χ1) is 11.2. The highest BCUT2D eigenvalue weighted by atomic mass is 15.3. The van der Waals surface area contributed by atoms with Gasteiger partial charge in [0.25, 0.3) is 0 Å². The van der Waals surface area contributed by atoms with Crippen LogP contribution in [0.3, 0.4) is 0 Å².